The minimum Gasteiger partial charge on any atom is -0.369 e. The van der Waals surface area contributed by atoms with Gasteiger partial charge in [-0.05, 0) is 18.9 Å². The lowest BCUT2D eigenvalue weighted by molar-refractivity contribution is 0.345. The van der Waals surface area contributed by atoms with E-state index >= 15 is 0 Å². The van der Waals surface area contributed by atoms with Crippen molar-refractivity contribution in [2.24, 2.45) is 0 Å². The highest BCUT2D eigenvalue weighted by molar-refractivity contribution is 7.93. The van der Waals surface area contributed by atoms with Crippen molar-refractivity contribution in [3.05, 3.63) is 24.9 Å². The zero-order valence-corrected chi connectivity index (χ0v) is 9.02. The summed E-state index contributed by atoms with van der Waals surface area (Å²) >= 11 is 0. The van der Waals surface area contributed by atoms with Crippen molar-refractivity contribution < 1.29 is 8.42 Å². The van der Waals surface area contributed by atoms with E-state index in [1.807, 2.05) is 4.90 Å². The van der Waals surface area contributed by atoms with E-state index in [9.17, 15) is 8.42 Å². The van der Waals surface area contributed by atoms with Gasteiger partial charge in [-0.1, -0.05) is 13.2 Å². The van der Waals surface area contributed by atoms with Crippen LogP contribution in [0, 0.1) is 0 Å². The van der Waals surface area contributed by atoms with Crippen LogP contribution in [0.1, 0.15) is 12.8 Å². The van der Waals surface area contributed by atoms with Gasteiger partial charge in [0.05, 0.1) is 10.5 Å². The summed E-state index contributed by atoms with van der Waals surface area (Å²) in [6.07, 6.45) is 3.32. The molecule has 0 unspecified atom stereocenters. The van der Waals surface area contributed by atoms with E-state index in [4.69, 9.17) is 0 Å². The Bertz CT molecular complexity index is 379. The van der Waals surface area contributed by atoms with Crippen molar-refractivity contribution >= 4 is 9.84 Å². The Hall–Kier alpha value is -0.770. The van der Waals surface area contributed by atoms with Gasteiger partial charge in [0.2, 0.25) is 0 Å². The van der Waals surface area contributed by atoms with Crippen LogP contribution in [0.5, 0.6) is 0 Å². The first kappa shape index (κ1) is 9.77. The van der Waals surface area contributed by atoms with Gasteiger partial charge in [-0.25, -0.2) is 8.42 Å². The predicted octanol–water partition coefficient (Wildman–Crippen LogP) is 0.949. The fraction of sp³-hybridized carbons (Fsp3) is 0.600. The second-order valence-corrected chi connectivity index (χ2v) is 6.62. The van der Waals surface area contributed by atoms with Gasteiger partial charge in [-0.2, -0.15) is 0 Å². The van der Waals surface area contributed by atoms with E-state index in [-0.39, 0.29) is 5.75 Å². The summed E-state index contributed by atoms with van der Waals surface area (Å²) in [5.74, 6) is 0.264. The van der Waals surface area contributed by atoms with Crippen LogP contribution in [-0.4, -0.2) is 36.9 Å². The number of allylic oxidation sites excluding steroid dienone is 1. The lowest BCUT2D eigenvalue weighted by Crippen LogP contribution is -2.47. The Morgan fingerprint density at radius 1 is 1.43 bits per heavy atom. The molecule has 1 heterocycles. The first-order valence-electron chi connectivity index (χ1n) is 4.79. The number of nitrogens with zero attached hydrogens (tertiary/aromatic N) is 1. The molecule has 1 aliphatic carbocycles. The lowest BCUT2D eigenvalue weighted by atomic mass is 10.3. The quantitative estimate of drug-likeness (QED) is 0.641. The average molecular weight is 213 g/mol. The summed E-state index contributed by atoms with van der Waals surface area (Å²) < 4.78 is 23.0. The highest BCUT2D eigenvalue weighted by Gasteiger charge is 2.56. The van der Waals surface area contributed by atoms with E-state index in [0.29, 0.717) is 13.1 Å². The molecular weight excluding hydrogens is 198 g/mol. The fourth-order valence-electron chi connectivity index (χ4n) is 1.95. The van der Waals surface area contributed by atoms with E-state index < -0.39 is 14.6 Å². The second-order valence-electron chi connectivity index (χ2n) is 4.12. The predicted molar refractivity (Wildman–Crippen MR) is 56.7 cm³/mol. The molecular formula is C10H15NO2S. The number of hydrogen-bond donors (Lipinski definition) is 0. The zero-order valence-electron chi connectivity index (χ0n) is 8.20. The van der Waals surface area contributed by atoms with Crippen LogP contribution < -0.4 is 0 Å². The summed E-state index contributed by atoms with van der Waals surface area (Å²) in [4.78, 5) is 2.03. The van der Waals surface area contributed by atoms with Crippen molar-refractivity contribution in [3.63, 3.8) is 0 Å². The highest BCUT2D eigenvalue weighted by atomic mass is 32.2. The third kappa shape index (κ3) is 1.29. The second kappa shape index (κ2) is 2.86. The SMILES string of the molecule is C=CC(=C)N1CCS(=O)(=O)C2(CC2)C1. The minimum absolute atomic E-state index is 0.264. The van der Waals surface area contributed by atoms with Gasteiger partial charge in [0.25, 0.3) is 0 Å². The van der Waals surface area contributed by atoms with Crippen LogP contribution >= 0.6 is 0 Å². The Kier molecular flexibility index (Phi) is 2.00. The van der Waals surface area contributed by atoms with Gasteiger partial charge in [0.15, 0.2) is 9.84 Å². The Morgan fingerprint density at radius 3 is 2.57 bits per heavy atom. The molecule has 0 bridgehead atoms. The maximum Gasteiger partial charge on any atom is 0.159 e. The van der Waals surface area contributed by atoms with Crippen molar-refractivity contribution in [2.75, 3.05) is 18.8 Å². The molecule has 78 valence electrons. The lowest BCUT2D eigenvalue weighted by Gasteiger charge is -2.34. The molecule has 1 aliphatic heterocycles. The zero-order chi connectivity index (χ0) is 10.4. The number of hydrogen-bond acceptors (Lipinski definition) is 3. The van der Waals surface area contributed by atoms with Crippen LogP contribution in [0.2, 0.25) is 0 Å². The topological polar surface area (TPSA) is 37.4 Å². The third-order valence-corrected chi connectivity index (χ3v) is 5.80. The van der Waals surface area contributed by atoms with E-state index in [2.05, 4.69) is 13.2 Å². The van der Waals surface area contributed by atoms with Gasteiger partial charge in [0, 0.05) is 18.8 Å². The van der Waals surface area contributed by atoms with Crippen LogP contribution in [0.4, 0.5) is 0 Å². The molecule has 0 radical (unpaired) electrons. The Labute approximate surface area is 85.0 Å². The molecule has 0 aromatic heterocycles. The molecule has 3 nitrogen and oxygen atoms in total. The number of rotatable bonds is 2. The van der Waals surface area contributed by atoms with Crippen molar-refractivity contribution in [2.45, 2.75) is 17.6 Å². The summed E-state index contributed by atoms with van der Waals surface area (Å²) in [7, 11) is -2.84. The van der Waals surface area contributed by atoms with Crippen LogP contribution in [0.25, 0.3) is 0 Å². The van der Waals surface area contributed by atoms with E-state index in [0.717, 1.165) is 18.5 Å². The summed E-state index contributed by atoms with van der Waals surface area (Å²) in [6.45, 7) is 8.68. The summed E-state index contributed by atoms with van der Waals surface area (Å²) in [6, 6.07) is 0. The molecule has 0 aromatic carbocycles. The van der Waals surface area contributed by atoms with E-state index in [1.165, 1.54) is 0 Å². The molecule has 0 amide bonds. The normalized spacial score (nSPS) is 27.3. The van der Waals surface area contributed by atoms with Crippen molar-refractivity contribution in [3.8, 4) is 0 Å². The van der Waals surface area contributed by atoms with Gasteiger partial charge >= 0.3 is 0 Å². The smallest absolute Gasteiger partial charge is 0.159 e. The minimum atomic E-state index is -2.84. The monoisotopic (exact) mass is 213 g/mol. The van der Waals surface area contributed by atoms with Crippen molar-refractivity contribution in [1.82, 2.24) is 4.90 Å². The maximum absolute atomic E-state index is 11.7. The van der Waals surface area contributed by atoms with Gasteiger partial charge in [0.1, 0.15) is 0 Å². The van der Waals surface area contributed by atoms with Crippen LogP contribution in [0.3, 0.4) is 0 Å². The fourth-order valence-corrected chi connectivity index (χ4v) is 3.93. The molecule has 0 atom stereocenters. The molecule has 2 rings (SSSR count). The molecule has 0 N–H and O–H groups in total. The molecule has 1 saturated heterocycles. The standard InChI is InChI=1S/C10H15NO2S/c1-3-9(2)11-6-7-14(12,13)10(8-11)4-5-10/h3H,1-2,4-8H2. The molecule has 14 heavy (non-hydrogen) atoms. The van der Waals surface area contributed by atoms with Gasteiger partial charge in [-0.15, -0.1) is 0 Å². The van der Waals surface area contributed by atoms with Gasteiger partial charge in [-0.3, -0.25) is 0 Å². The molecule has 2 aliphatic rings. The molecule has 4 heteroatoms. The first-order chi connectivity index (χ1) is 6.51. The molecule has 0 aromatic rings. The van der Waals surface area contributed by atoms with E-state index in [1.54, 1.807) is 6.08 Å². The largest absolute Gasteiger partial charge is 0.369 e. The summed E-state index contributed by atoms with van der Waals surface area (Å²) in [5.41, 5.74) is 0.839. The first-order valence-corrected chi connectivity index (χ1v) is 6.45. The molecule has 1 saturated carbocycles. The molecule has 1 spiro atoms. The average Bonchev–Trinajstić information content (AvgIpc) is 2.90. The molecule has 2 fully saturated rings. The third-order valence-electron chi connectivity index (χ3n) is 3.22. The Morgan fingerprint density at radius 2 is 2.07 bits per heavy atom. The van der Waals surface area contributed by atoms with Crippen LogP contribution in [0.15, 0.2) is 24.9 Å². The number of sulfone groups is 1. The highest BCUT2D eigenvalue weighted by Crippen LogP contribution is 2.47. The maximum atomic E-state index is 11.7. The van der Waals surface area contributed by atoms with Crippen molar-refractivity contribution in [1.29, 1.82) is 0 Å². The van der Waals surface area contributed by atoms with Gasteiger partial charge < -0.3 is 4.90 Å². The summed E-state index contributed by atoms with van der Waals surface area (Å²) in [5, 5.41) is 0. The van der Waals surface area contributed by atoms with Crippen LogP contribution in [-0.2, 0) is 9.84 Å². The Balaban J connectivity index is 2.19.